The number of nitrogens with one attached hydrogen (secondary N) is 3. The van der Waals surface area contributed by atoms with Crippen molar-refractivity contribution < 1.29 is 4.79 Å². The lowest BCUT2D eigenvalue weighted by Gasteiger charge is -2.22. The number of anilines is 3. The highest BCUT2D eigenvalue weighted by Gasteiger charge is 2.14. The zero-order valence-corrected chi connectivity index (χ0v) is 15.1. The summed E-state index contributed by atoms with van der Waals surface area (Å²) in [7, 11) is 0. The molecule has 1 heterocycles. The zero-order chi connectivity index (χ0) is 16.6. The molecule has 25 heavy (non-hydrogen) atoms. The maximum atomic E-state index is 12.1. The van der Waals surface area contributed by atoms with Crippen LogP contribution in [0.15, 0.2) is 54.6 Å². The standard InChI is InChI=1S/C20H25N3O.ClH/c24-20(11-6-16-12-14-21-15-13-16)23-19-9-7-18(8-10-19)22-17-4-2-1-3-5-17;/h1-5,7-10,16,21-22H,6,11-15H2,(H,23,24);1H. The highest BCUT2D eigenvalue weighted by molar-refractivity contribution is 5.90. The SMILES string of the molecule is Cl.O=C(CCC1CCNCC1)Nc1ccc(Nc2ccccc2)cc1. The van der Waals surface area contributed by atoms with Gasteiger partial charge < -0.3 is 16.0 Å². The third kappa shape index (κ3) is 6.40. The van der Waals surface area contributed by atoms with Crippen LogP contribution in [-0.2, 0) is 4.79 Å². The number of rotatable bonds is 6. The van der Waals surface area contributed by atoms with E-state index in [0.717, 1.165) is 36.6 Å². The third-order valence-electron chi connectivity index (χ3n) is 4.47. The number of amides is 1. The van der Waals surface area contributed by atoms with Crippen LogP contribution in [0.5, 0.6) is 0 Å². The van der Waals surface area contributed by atoms with Crippen LogP contribution in [0.4, 0.5) is 17.1 Å². The van der Waals surface area contributed by atoms with E-state index in [-0.39, 0.29) is 18.3 Å². The van der Waals surface area contributed by atoms with Gasteiger partial charge in [-0.3, -0.25) is 4.79 Å². The minimum absolute atomic E-state index is 0. The van der Waals surface area contributed by atoms with Crippen LogP contribution in [0.1, 0.15) is 25.7 Å². The van der Waals surface area contributed by atoms with E-state index >= 15 is 0 Å². The summed E-state index contributed by atoms with van der Waals surface area (Å²) in [4.78, 5) is 12.1. The van der Waals surface area contributed by atoms with E-state index in [1.165, 1.54) is 12.8 Å². The fraction of sp³-hybridized carbons (Fsp3) is 0.350. The second-order valence-corrected chi connectivity index (χ2v) is 6.35. The van der Waals surface area contributed by atoms with Crippen molar-refractivity contribution in [2.75, 3.05) is 23.7 Å². The molecule has 1 fully saturated rings. The first-order valence-corrected chi connectivity index (χ1v) is 8.72. The number of hydrogen-bond donors (Lipinski definition) is 3. The van der Waals surface area contributed by atoms with Crippen LogP contribution in [0.2, 0.25) is 0 Å². The van der Waals surface area contributed by atoms with Crippen molar-refractivity contribution in [1.82, 2.24) is 5.32 Å². The van der Waals surface area contributed by atoms with Crippen molar-refractivity contribution in [2.24, 2.45) is 5.92 Å². The Balaban J connectivity index is 0.00000225. The smallest absolute Gasteiger partial charge is 0.224 e. The summed E-state index contributed by atoms with van der Waals surface area (Å²) in [6, 6.07) is 17.9. The molecule has 3 N–H and O–H groups in total. The van der Waals surface area contributed by atoms with Gasteiger partial charge in [0.15, 0.2) is 0 Å². The minimum atomic E-state index is 0. The molecule has 134 valence electrons. The number of hydrogen-bond acceptors (Lipinski definition) is 3. The minimum Gasteiger partial charge on any atom is -0.356 e. The molecule has 0 saturated carbocycles. The molecule has 2 aromatic rings. The van der Waals surface area contributed by atoms with Crippen molar-refractivity contribution in [2.45, 2.75) is 25.7 Å². The van der Waals surface area contributed by atoms with Crippen LogP contribution in [0, 0.1) is 5.92 Å². The number of halogens is 1. The average molecular weight is 360 g/mol. The lowest BCUT2D eigenvalue weighted by Crippen LogP contribution is -2.28. The Morgan fingerprint density at radius 1 is 0.920 bits per heavy atom. The first kappa shape index (κ1) is 19.3. The predicted molar refractivity (Wildman–Crippen MR) is 107 cm³/mol. The first-order valence-electron chi connectivity index (χ1n) is 8.72. The molecule has 0 bridgehead atoms. The monoisotopic (exact) mass is 359 g/mol. The molecule has 2 aromatic carbocycles. The summed E-state index contributed by atoms with van der Waals surface area (Å²) in [5.74, 6) is 0.798. The normalized spacial score (nSPS) is 14.4. The van der Waals surface area contributed by atoms with Crippen LogP contribution in [0.3, 0.4) is 0 Å². The topological polar surface area (TPSA) is 53.2 Å². The van der Waals surface area contributed by atoms with Gasteiger partial charge in [-0.1, -0.05) is 18.2 Å². The molecule has 0 aromatic heterocycles. The Morgan fingerprint density at radius 3 is 2.20 bits per heavy atom. The third-order valence-corrected chi connectivity index (χ3v) is 4.47. The second-order valence-electron chi connectivity index (χ2n) is 6.35. The number of carbonyl (C=O) groups is 1. The molecule has 0 aliphatic carbocycles. The van der Waals surface area contributed by atoms with E-state index in [1.54, 1.807) is 0 Å². The van der Waals surface area contributed by atoms with Gasteiger partial charge in [-0.15, -0.1) is 12.4 Å². The average Bonchev–Trinajstić information content (AvgIpc) is 2.63. The van der Waals surface area contributed by atoms with E-state index in [2.05, 4.69) is 16.0 Å². The van der Waals surface area contributed by atoms with Gasteiger partial charge in [-0.2, -0.15) is 0 Å². The highest BCUT2D eigenvalue weighted by atomic mass is 35.5. The first-order chi connectivity index (χ1) is 11.8. The molecule has 0 unspecified atom stereocenters. The molecule has 1 amide bonds. The summed E-state index contributed by atoms with van der Waals surface area (Å²) in [5.41, 5.74) is 2.91. The van der Waals surface area contributed by atoms with Crippen LogP contribution in [0.25, 0.3) is 0 Å². The van der Waals surface area contributed by atoms with E-state index < -0.39 is 0 Å². The molecular weight excluding hydrogens is 334 g/mol. The number of benzene rings is 2. The Morgan fingerprint density at radius 2 is 1.52 bits per heavy atom. The van der Waals surface area contributed by atoms with Gasteiger partial charge in [-0.25, -0.2) is 0 Å². The number of piperidine rings is 1. The maximum absolute atomic E-state index is 12.1. The van der Waals surface area contributed by atoms with Crippen LogP contribution in [-0.4, -0.2) is 19.0 Å². The summed E-state index contributed by atoms with van der Waals surface area (Å²) in [5, 5.41) is 9.68. The highest BCUT2D eigenvalue weighted by Crippen LogP contribution is 2.20. The maximum Gasteiger partial charge on any atom is 0.224 e. The molecule has 5 heteroatoms. The van der Waals surface area contributed by atoms with Crippen LogP contribution < -0.4 is 16.0 Å². The molecular formula is C20H26ClN3O. The van der Waals surface area contributed by atoms with Crippen molar-refractivity contribution in [1.29, 1.82) is 0 Å². The molecule has 1 saturated heterocycles. The van der Waals surface area contributed by atoms with Crippen molar-refractivity contribution in [3.05, 3.63) is 54.6 Å². The molecule has 0 radical (unpaired) electrons. The largest absolute Gasteiger partial charge is 0.356 e. The number of carbonyl (C=O) groups excluding carboxylic acids is 1. The van der Waals surface area contributed by atoms with E-state index in [0.29, 0.717) is 12.3 Å². The Kier molecular flexibility index (Phi) is 7.76. The van der Waals surface area contributed by atoms with Gasteiger partial charge in [0.1, 0.15) is 0 Å². The zero-order valence-electron chi connectivity index (χ0n) is 14.3. The molecule has 1 aliphatic heterocycles. The fourth-order valence-electron chi connectivity index (χ4n) is 3.05. The molecule has 3 rings (SSSR count). The summed E-state index contributed by atoms with van der Waals surface area (Å²) < 4.78 is 0. The lowest BCUT2D eigenvalue weighted by molar-refractivity contribution is -0.116. The van der Waals surface area contributed by atoms with Gasteiger partial charge in [0.2, 0.25) is 5.91 Å². The Labute approximate surface area is 155 Å². The summed E-state index contributed by atoms with van der Waals surface area (Å²) in [6.45, 7) is 2.17. The van der Waals surface area contributed by atoms with E-state index in [9.17, 15) is 4.79 Å². The summed E-state index contributed by atoms with van der Waals surface area (Å²) in [6.07, 6.45) is 3.97. The summed E-state index contributed by atoms with van der Waals surface area (Å²) >= 11 is 0. The van der Waals surface area contributed by atoms with Gasteiger partial charge in [0.25, 0.3) is 0 Å². The number of para-hydroxylation sites is 1. The quantitative estimate of drug-likeness (QED) is 0.708. The molecule has 0 spiro atoms. The molecule has 0 atom stereocenters. The predicted octanol–water partition coefficient (Wildman–Crippen LogP) is 4.57. The van der Waals surface area contributed by atoms with Crippen molar-refractivity contribution >= 4 is 35.4 Å². The van der Waals surface area contributed by atoms with Gasteiger partial charge in [0.05, 0.1) is 0 Å². The lowest BCUT2D eigenvalue weighted by atomic mass is 9.93. The molecule has 1 aliphatic rings. The van der Waals surface area contributed by atoms with Crippen LogP contribution >= 0.6 is 12.4 Å². The van der Waals surface area contributed by atoms with Gasteiger partial charge >= 0.3 is 0 Å². The Hall–Kier alpha value is -2.04. The van der Waals surface area contributed by atoms with E-state index in [4.69, 9.17) is 0 Å². The van der Waals surface area contributed by atoms with Gasteiger partial charge in [-0.05, 0) is 74.7 Å². The fourth-order valence-corrected chi connectivity index (χ4v) is 3.05. The second kappa shape index (κ2) is 10.1. The van der Waals surface area contributed by atoms with Gasteiger partial charge in [0, 0.05) is 23.5 Å². The van der Waals surface area contributed by atoms with Crippen molar-refractivity contribution in [3.8, 4) is 0 Å². The Bertz CT molecular complexity index is 640. The van der Waals surface area contributed by atoms with Crippen molar-refractivity contribution in [3.63, 3.8) is 0 Å². The molecule has 4 nitrogen and oxygen atoms in total. The van der Waals surface area contributed by atoms with E-state index in [1.807, 2.05) is 54.6 Å².